The SMILES string of the molecule is CN(Cc1nccn1C)C(=O)c1cc(Br)cnc1N. The van der Waals surface area contributed by atoms with E-state index in [1.54, 1.807) is 30.4 Å². The number of amides is 1. The molecule has 0 aliphatic carbocycles. The average Bonchev–Trinajstić information content (AvgIpc) is 2.77. The molecule has 1 amide bonds. The minimum absolute atomic E-state index is 0.186. The van der Waals surface area contributed by atoms with Crippen molar-refractivity contribution < 1.29 is 4.79 Å². The van der Waals surface area contributed by atoms with Gasteiger partial charge in [0.15, 0.2) is 0 Å². The van der Waals surface area contributed by atoms with Gasteiger partial charge in [-0.05, 0) is 22.0 Å². The molecule has 0 saturated heterocycles. The average molecular weight is 324 g/mol. The van der Waals surface area contributed by atoms with Gasteiger partial charge in [-0.3, -0.25) is 4.79 Å². The van der Waals surface area contributed by atoms with Crippen molar-refractivity contribution in [3.8, 4) is 0 Å². The molecule has 100 valence electrons. The monoisotopic (exact) mass is 323 g/mol. The lowest BCUT2D eigenvalue weighted by atomic mass is 10.2. The summed E-state index contributed by atoms with van der Waals surface area (Å²) in [5.74, 6) is 0.839. The summed E-state index contributed by atoms with van der Waals surface area (Å²) in [5.41, 5.74) is 6.11. The van der Waals surface area contributed by atoms with Crippen LogP contribution in [0.2, 0.25) is 0 Å². The molecule has 2 heterocycles. The van der Waals surface area contributed by atoms with Crippen molar-refractivity contribution in [3.05, 3.63) is 40.5 Å². The summed E-state index contributed by atoms with van der Waals surface area (Å²) in [4.78, 5) is 22.0. The fourth-order valence-corrected chi connectivity index (χ4v) is 1.99. The van der Waals surface area contributed by atoms with Gasteiger partial charge in [0.1, 0.15) is 11.6 Å². The van der Waals surface area contributed by atoms with E-state index in [4.69, 9.17) is 5.73 Å². The Bertz CT molecular complexity index is 610. The molecule has 0 aliphatic heterocycles. The summed E-state index contributed by atoms with van der Waals surface area (Å²) in [6, 6.07) is 1.67. The number of hydrogen-bond acceptors (Lipinski definition) is 4. The summed E-state index contributed by atoms with van der Waals surface area (Å²) in [6.45, 7) is 0.411. The van der Waals surface area contributed by atoms with Crippen molar-refractivity contribution in [1.82, 2.24) is 19.4 Å². The summed E-state index contributed by atoms with van der Waals surface area (Å²) in [7, 11) is 3.59. The first-order valence-electron chi connectivity index (χ1n) is 5.61. The molecule has 2 aromatic heterocycles. The van der Waals surface area contributed by atoms with Crippen LogP contribution in [0, 0.1) is 0 Å². The summed E-state index contributed by atoms with van der Waals surface area (Å²) in [5, 5.41) is 0. The summed E-state index contributed by atoms with van der Waals surface area (Å²) >= 11 is 3.28. The fourth-order valence-electron chi connectivity index (χ4n) is 1.66. The lowest BCUT2D eigenvalue weighted by molar-refractivity contribution is 0.0781. The van der Waals surface area contributed by atoms with E-state index in [2.05, 4.69) is 25.9 Å². The second-order valence-corrected chi connectivity index (χ2v) is 5.12. The molecule has 0 fully saturated rings. The van der Waals surface area contributed by atoms with E-state index in [1.807, 2.05) is 17.8 Å². The van der Waals surface area contributed by atoms with Gasteiger partial charge in [0.25, 0.3) is 5.91 Å². The Hall–Kier alpha value is -1.89. The van der Waals surface area contributed by atoms with Gasteiger partial charge in [0, 0.05) is 37.2 Å². The van der Waals surface area contributed by atoms with E-state index in [1.165, 1.54) is 0 Å². The Labute approximate surface area is 119 Å². The normalized spacial score (nSPS) is 10.5. The lowest BCUT2D eigenvalue weighted by Gasteiger charge is -2.17. The number of pyridine rings is 1. The number of hydrogen-bond donors (Lipinski definition) is 1. The number of imidazole rings is 1. The van der Waals surface area contributed by atoms with Gasteiger partial charge in [0.2, 0.25) is 0 Å². The number of halogens is 1. The van der Waals surface area contributed by atoms with Gasteiger partial charge in [-0.2, -0.15) is 0 Å². The molecule has 0 radical (unpaired) electrons. The first-order chi connectivity index (χ1) is 8.99. The number of aryl methyl sites for hydroxylation is 1. The molecule has 0 unspecified atom stereocenters. The maximum atomic E-state index is 12.3. The Morgan fingerprint density at radius 3 is 2.89 bits per heavy atom. The van der Waals surface area contributed by atoms with Crippen molar-refractivity contribution >= 4 is 27.7 Å². The highest BCUT2D eigenvalue weighted by atomic mass is 79.9. The minimum atomic E-state index is -0.186. The van der Waals surface area contributed by atoms with Crippen LogP contribution in [0.15, 0.2) is 29.1 Å². The number of aromatic nitrogens is 3. The largest absolute Gasteiger partial charge is 0.383 e. The highest BCUT2D eigenvalue weighted by Crippen LogP contribution is 2.17. The molecule has 7 heteroatoms. The van der Waals surface area contributed by atoms with Crippen LogP contribution >= 0.6 is 15.9 Å². The quantitative estimate of drug-likeness (QED) is 0.927. The van der Waals surface area contributed by atoms with Crippen LogP contribution in [0.4, 0.5) is 5.82 Å². The Balaban J connectivity index is 2.19. The summed E-state index contributed by atoms with van der Waals surface area (Å²) in [6.07, 6.45) is 5.09. The van der Waals surface area contributed by atoms with Crippen LogP contribution in [-0.4, -0.2) is 32.4 Å². The molecule has 2 N–H and O–H groups in total. The molecule has 0 atom stereocenters. The number of nitrogens with two attached hydrogens (primary N) is 1. The zero-order valence-electron chi connectivity index (χ0n) is 10.7. The third-order valence-corrected chi connectivity index (χ3v) is 3.20. The zero-order chi connectivity index (χ0) is 14.0. The van der Waals surface area contributed by atoms with E-state index >= 15 is 0 Å². The standard InChI is InChI=1S/C12H14BrN5O/c1-17-4-3-15-10(17)7-18(2)12(19)9-5-8(13)6-16-11(9)14/h3-6H,7H2,1-2H3,(H2,14,16). The maximum Gasteiger partial charge on any atom is 0.257 e. The van der Waals surface area contributed by atoms with Gasteiger partial charge in [-0.15, -0.1) is 0 Å². The molecule has 2 aromatic rings. The van der Waals surface area contributed by atoms with Crippen LogP contribution in [0.25, 0.3) is 0 Å². The number of rotatable bonds is 3. The van der Waals surface area contributed by atoms with Crippen molar-refractivity contribution in [1.29, 1.82) is 0 Å². The molecule has 0 aliphatic rings. The van der Waals surface area contributed by atoms with Crippen LogP contribution < -0.4 is 5.73 Å². The predicted molar refractivity (Wildman–Crippen MR) is 75.4 cm³/mol. The van der Waals surface area contributed by atoms with Crippen molar-refractivity contribution in [3.63, 3.8) is 0 Å². The van der Waals surface area contributed by atoms with Gasteiger partial charge in [-0.1, -0.05) is 0 Å². The molecule has 2 rings (SSSR count). The van der Waals surface area contributed by atoms with Crippen molar-refractivity contribution in [2.45, 2.75) is 6.54 Å². The Kier molecular flexibility index (Phi) is 3.84. The predicted octanol–water partition coefficient (Wildman–Crippen LogP) is 1.43. The van der Waals surface area contributed by atoms with Crippen LogP contribution in [0.5, 0.6) is 0 Å². The summed E-state index contributed by atoms with van der Waals surface area (Å²) < 4.78 is 2.59. The number of carbonyl (C=O) groups is 1. The number of carbonyl (C=O) groups excluding carboxylic acids is 1. The first kappa shape index (κ1) is 13.5. The second-order valence-electron chi connectivity index (χ2n) is 4.20. The number of anilines is 1. The molecular weight excluding hydrogens is 310 g/mol. The molecular formula is C12H14BrN5O. The van der Waals surface area contributed by atoms with Gasteiger partial charge < -0.3 is 15.2 Å². The molecule has 0 saturated carbocycles. The lowest BCUT2D eigenvalue weighted by Crippen LogP contribution is -2.28. The molecule has 6 nitrogen and oxygen atoms in total. The molecule has 0 spiro atoms. The van der Waals surface area contributed by atoms with Crippen molar-refractivity contribution in [2.24, 2.45) is 7.05 Å². The Morgan fingerprint density at radius 1 is 1.53 bits per heavy atom. The van der Waals surface area contributed by atoms with E-state index in [0.29, 0.717) is 12.1 Å². The van der Waals surface area contributed by atoms with Crippen LogP contribution in [0.3, 0.4) is 0 Å². The maximum absolute atomic E-state index is 12.3. The third kappa shape index (κ3) is 2.93. The van der Waals surface area contributed by atoms with Crippen molar-refractivity contribution in [2.75, 3.05) is 12.8 Å². The first-order valence-corrected chi connectivity index (χ1v) is 6.41. The third-order valence-electron chi connectivity index (χ3n) is 2.76. The topological polar surface area (TPSA) is 77.0 Å². The zero-order valence-corrected chi connectivity index (χ0v) is 12.3. The fraction of sp³-hybridized carbons (Fsp3) is 0.250. The smallest absolute Gasteiger partial charge is 0.257 e. The highest BCUT2D eigenvalue weighted by molar-refractivity contribution is 9.10. The minimum Gasteiger partial charge on any atom is -0.383 e. The molecule has 0 aromatic carbocycles. The van der Waals surface area contributed by atoms with E-state index in [0.717, 1.165) is 10.3 Å². The molecule has 19 heavy (non-hydrogen) atoms. The van der Waals surface area contributed by atoms with Gasteiger partial charge in [0.05, 0.1) is 12.1 Å². The van der Waals surface area contributed by atoms with E-state index < -0.39 is 0 Å². The molecule has 0 bridgehead atoms. The van der Waals surface area contributed by atoms with Crippen LogP contribution in [0.1, 0.15) is 16.2 Å². The second kappa shape index (κ2) is 5.40. The number of nitrogens with zero attached hydrogens (tertiary/aromatic N) is 4. The van der Waals surface area contributed by atoms with Gasteiger partial charge in [-0.25, -0.2) is 9.97 Å². The van der Waals surface area contributed by atoms with E-state index in [-0.39, 0.29) is 11.7 Å². The van der Waals surface area contributed by atoms with E-state index in [9.17, 15) is 4.79 Å². The highest BCUT2D eigenvalue weighted by Gasteiger charge is 2.17. The number of nitrogen functional groups attached to an aromatic ring is 1. The van der Waals surface area contributed by atoms with Gasteiger partial charge >= 0.3 is 0 Å². The Morgan fingerprint density at radius 2 is 2.26 bits per heavy atom. The van der Waals surface area contributed by atoms with Crippen LogP contribution in [-0.2, 0) is 13.6 Å².